The fourth-order valence-electron chi connectivity index (χ4n) is 2.53. The van der Waals surface area contributed by atoms with Gasteiger partial charge in [0.15, 0.2) is 0 Å². The zero-order chi connectivity index (χ0) is 18.5. The molecule has 2 aromatic carbocycles. The Hall–Kier alpha value is -3.21. The fourth-order valence-corrected chi connectivity index (χ4v) is 2.53. The summed E-state index contributed by atoms with van der Waals surface area (Å²) >= 11 is 0. The lowest BCUT2D eigenvalue weighted by atomic mass is 10.1. The molecular formula is C21H22N4O. The summed E-state index contributed by atoms with van der Waals surface area (Å²) in [5.41, 5.74) is 5.62. The molecule has 2 N–H and O–H groups in total. The molecule has 1 heterocycles. The van der Waals surface area contributed by atoms with Crippen LogP contribution >= 0.6 is 0 Å². The third-order valence-corrected chi connectivity index (χ3v) is 4.17. The van der Waals surface area contributed by atoms with Crippen LogP contribution in [0.25, 0.3) is 0 Å². The maximum atomic E-state index is 12.3. The highest BCUT2D eigenvalue weighted by Gasteiger charge is 2.08. The Morgan fingerprint density at radius 1 is 1.00 bits per heavy atom. The summed E-state index contributed by atoms with van der Waals surface area (Å²) in [5.74, 6) is 0.232. The molecule has 0 unspecified atom stereocenters. The first-order valence-electron chi connectivity index (χ1n) is 8.62. The first-order valence-corrected chi connectivity index (χ1v) is 8.62. The first kappa shape index (κ1) is 17.6. The molecule has 0 radical (unpaired) electrons. The van der Waals surface area contributed by atoms with E-state index in [0.717, 1.165) is 28.9 Å². The molecule has 132 valence electrons. The quantitative estimate of drug-likeness (QED) is 0.705. The number of hydrogen-bond donors (Lipinski definition) is 2. The molecule has 0 atom stereocenters. The van der Waals surface area contributed by atoms with E-state index < -0.39 is 0 Å². The van der Waals surface area contributed by atoms with Gasteiger partial charge >= 0.3 is 0 Å². The monoisotopic (exact) mass is 346 g/mol. The third-order valence-electron chi connectivity index (χ3n) is 4.17. The largest absolute Gasteiger partial charge is 0.324 e. The van der Waals surface area contributed by atoms with E-state index in [2.05, 4.69) is 33.6 Å². The van der Waals surface area contributed by atoms with Gasteiger partial charge in [0, 0.05) is 23.8 Å². The van der Waals surface area contributed by atoms with Crippen LogP contribution in [0.5, 0.6) is 0 Å². The van der Waals surface area contributed by atoms with Crippen LogP contribution in [0.2, 0.25) is 0 Å². The van der Waals surface area contributed by atoms with Crippen molar-refractivity contribution in [2.75, 3.05) is 10.6 Å². The highest BCUT2D eigenvalue weighted by Crippen LogP contribution is 2.19. The summed E-state index contributed by atoms with van der Waals surface area (Å²) in [7, 11) is 0. The van der Waals surface area contributed by atoms with Crippen LogP contribution in [0.1, 0.15) is 34.0 Å². The molecule has 0 saturated carbocycles. The Labute approximate surface area is 153 Å². The summed E-state index contributed by atoms with van der Waals surface area (Å²) < 4.78 is 0. The van der Waals surface area contributed by atoms with Crippen LogP contribution in [-0.2, 0) is 6.42 Å². The minimum absolute atomic E-state index is 0.229. The molecule has 1 amide bonds. The molecule has 0 spiro atoms. The molecule has 26 heavy (non-hydrogen) atoms. The highest BCUT2D eigenvalue weighted by atomic mass is 16.1. The number of nitrogens with zero attached hydrogens (tertiary/aromatic N) is 2. The Bertz CT molecular complexity index is 902. The molecule has 0 bridgehead atoms. The van der Waals surface area contributed by atoms with Crippen LogP contribution in [0.15, 0.2) is 54.9 Å². The van der Waals surface area contributed by atoms with Gasteiger partial charge in [-0.05, 0) is 55.2 Å². The summed E-state index contributed by atoms with van der Waals surface area (Å²) in [6.45, 7) is 6.15. The molecule has 0 aliphatic heterocycles. The van der Waals surface area contributed by atoms with Crippen molar-refractivity contribution in [3.63, 3.8) is 0 Å². The van der Waals surface area contributed by atoms with Crippen LogP contribution < -0.4 is 10.6 Å². The van der Waals surface area contributed by atoms with Crippen LogP contribution in [0.3, 0.4) is 0 Å². The summed E-state index contributed by atoms with van der Waals surface area (Å²) in [5, 5.41) is 6.04. The maximum absolute atomic E-state index is 12.3. The smallest absolute Gasteiger partial charge is 0.258 e. The Morgan fingerprint density at radius 2 is 1.69 bits per heavy atom. The van der Waals surface area contributed by atoms with E-state index in [4.69, 9.17) is 0 Å². The van der Waals surface area contributed by atoms with Crippen LogP contribution in [0.4, 0.5) is 17.3 Å². The molecular weight excluding hydrogens is 324 g/mol. The van der Waals surface area contributed by atoms with Gasteiger partial charge < -0.3 is 10.6 Å². The number of amides is 1. The minimum atomic E-state index is -0.229. The first-order chi connectivity index (χ1) is 12.5. The van der Waals surface area contributed by atoms with Crippen molar-refractivity contribution >= 4 is 23.2 Å². The molecule has 5 nitrogen and oxygen atoms in total. The molecule has 3 aromatic rings. The third kappa shape index (κ3) is 4.25. The number of carbonyl (C=O) groups excluding carboxylic acids is 1. The molecule has 5 heteroatoms. The number of anilines is 3. The van der Waals surface area contributed by atoms with E-state index >= 15 is 0 Å². The lowest BCUT2D eigenvalue weighted by Crippen LogP contribution is -2.13. The van der Waals surface area contributed by atoms with Crippen LogP contribution in [0, 0.1) is 13.8 Å². The highest BCUT2D eigenvalue weighted by molar-refractivity contribution is 6.03. The predicted molar refractivity (Wildman–Crippen MR) is 105 cm³/mol. The maximum Gasteiger partial charge on any atom is 0.258 e. The second-order valence-electron chi connectivity index (χ2n) is 6.24. The van der Waals surface area contributed by atoms with E-state index in [0.29, 0.717) is 11.5 Å². The van der Waals surface area contributed by atoms with Gasteiger partial charge in [0.1, 0.15) is 0 Å². The standard InChI is InChI=1S/C21H22N4O/c1-4-16-7-9-18(10-8-16)24-20(26)17-12-22-21(23-13-17)25-19-11-14(2)5-6-15(19)3/h5-13H,4H2,1-3H3,(H,24,26)(H,22,23,25). The number of nitrogens with one attached hydrogen (secondary N) is 2. The van der Waals surface area contributed by atoms with Crippen molar-refractivity contribution in [1.29, 1.82) is 0 Å². The summed E-state index contributed by atoms with van der Waals surface area (Å²) in [6.07, 6.45) is 4.02. The van der Waals surface area contributed by atoms with Gasteiger partial charge in [-0.2, -0.15) is 0 Å². The molecule has 0 saturated heterocycles. The van der Waals surface area contributed by atoms with Crippen molar-refractivity contribution in [3.8, 4) is 0 Å². The number of aromatic nitrogens is 2. The van der Waals surface area contributed by atoms with Gasteiger partial charge in [-0.25, -0.2) is 9.97 Å². The number of carbonyl (C=O) groups is 1. The van der Waals surface area contributed by atoms with Gasteiger partial charge in [-0.1, -0.05) is 31.2 Å². The topological polar surface area (TPSA) is 66.9 Å². The second kappa shape index (κ2) is 7.78. The average Bonchev–Trinajstić information content (AvgIpc) is 2.66. The average molecular weight is 346 g/mol. The SMILES string of the molecule is CCc1ccc(NC(=O)c2cnc(Nc3cc(C)ccc3C)nc2)cc1. The van der Waals surface area contributed by atoms with Gasteiger partial charge in [-0.3, -0.25) is 4.79 Å². The van der Waals surface area contributed by atoms with Crippen molar-refractivity contribution in [3.05, 3.63) is 77.1 Å². The fraction of sp³-hybridized carbons (Fsp3) is 0.190. The Balaban J connectivity index is 1.68. The summed E-state index contributed by atoms with van der Waals surface area (Å²) in [4.78, 5) is 20.8. The predicted octanol–water partition coefficient (Wildman–Crippen LogP) is 4.65. The van der Waals surface area contributed by atoms with E-state index in [1.165, 1.54) is 18.0 Å². The minimum Gasteiger partial charge on any atom is -0.324 e. The lowest BCUT2D eigenvalue weighted by Gasteiger charge is -2.10. The normalized spacial score (nSPS) is 10.4. The molecule has 0 fully saturated rings. The van der Waals surface area contributed by atoms with Crippen molar-refractivity contribution in [2.45, 2.75) is 27.2 Å². The molecule has 0 aliphatic carbocycles. The van der Waals surface area contributed by atoms with E-state index in [1.54, 1.807) is 0 Å². The second-order valence-corrected chi connectivity index (χ2v) is 6.24. The van der Waals surface area contributed by atoms with E-state index in [-0.39, 0.29) is 5.91 Å². The zero-order valence-electron chi connectivity index (χ0n) is 15.2. The van der Waals surface area contributed by atoms with Gasteiger partial charge in [0.25, 0.3) is 5.91 Å². The van der Waals surface area contributed by atoms with E-state index in [1.807, 2.05) is 50.2 Å². The summed E-state index contributed by atoms with van der Waals surface area (Å²) in [6, 6.07) is 13.9. The molecule has 3 rings (SSSR count). The van der Waals surface area contributed by atoms with Crippen molar-refractivity contribution < 1.29 is 4.79 Å². The number of aryl methyl sites for hydroxylation is 3. The Morgan fingerprint density at radius 3 is 2.35 bits per heavy atom. The van der Waals surface area contributed by atoms with Gasteiger partial charge in [-0.15, -0.1) is 0 Å². The Kier molecular flexibility index (Phi) is 5.27. The van der Waals surface area contributed by atoms with Crippen molar-refractivity contribution in [2.24, 2.45) is 0 Å². The number of hydrogen-bond acceptors (Lipinski definition) is 4. The van der Waals surface area contributed by atoms with Crippen molar-refractivity contribution in [1.82, 2.24) is 9.97 Å². The van der Waals surface area contributed by atoms with Crippen LogP contribution in [-0.4, -0.2) is 15.9 Å². The van der Waals surface area contributed by atoms with E-state index in [9.17, 15) is 4.79 Å². The zero-order valence-corrected chi connectivity index (χ0v) is 15.2. The van der Waals surface area contributed by atoms with Gasteiger partial charge in [0.2, 0.25) is 5.95 Å². The molecule has 0 aliphatic rings. The number of benzene rings is 2. The number of rotatable bonds is 5. The lowest BCUT2D eigenvalue weighted by molar-refractivity contribution is 0.102. The molecule has 1 aromatic heterocycles. The van der Waals surface area contributed by atoms with Gasteiger partial charge in [0.05, 0.1) is 5.56 Å².